The molecule has 4 nitrogen and oxygen atoms in total. The Bertz CT molecular complexity index is 868. The zero-order valence-electron chi connectivity index (χ0n) is 12.8. The van der Waals surface area contributed by atoms with Gasteiger partial charge in [-0.1, -0.05) is 29.3 Å². The normalized spacial score (nSPS) is 19.1. The van der Waals surface area contributed by atoms with Crippen molar-refractivity contribution in [3.8, 4) is 0 Å². The number of ether oxygens (including phenoxy) is 1. The van der Waals surface area contributed by atoms with E-state index >= 15 is 0 Å². The summed E-state index contributed by atoms with van der Waals surface area (Å²) in [5.41, 5.74) is 0.589. The monoisotopic (exact) mass is 407 g/mol. The quantitative estimate of drug-likeness (QED) is 0.771. The summed E-state index contributed by atoms with van der Waals surface area (Å²) in [6.07, 6.45) is -0.644. The van der Waals surface area contributed by atoms with Gasteiger partial charge in [-0.05, 0) is 35.9 Å². The first-order valence-electron chi connectivity index (χ1n) is 7.31. The van der Waals surface area contributed by atoms with Crippen molar-refractivity contribution in [2.75, 3.05) is 19.7 Å². The van der Waals surface area contributed by atoms with Crippen LogP contribution in [0.4, 0.5) is 8.78 Å². The molecule has 1 saturated heterocycles. The largest absolute Gasteiger partial charge is 0.371 e. The van der Waals surface area contributed by atoms with Gasteiger partial charge >= 0.3 is 0 Å². The fraction of sp³-hybridized carbons (Fsp3) is 0.250. The van der Waals surface area contributed by atoms with E-state index in [1.165, 1.54) is 0 Å². The Kier molecular flexibility index (Phi) is 5.31. The second kappa shape index (κ2) is 7.17. The number of rotatable bonds is 3. The fourth-order valence-corrected chi connectivity index (χ4v) is 4.74. The maximum atomic E-state index is 13.9. The molecule has 134 valence electrons. The number of morpholine rings is 1. The Labute approximate surface area is 154 Å². The predicted octanol–water partition coefficient (Wildman–Crippen LogP) is 4.03. The first-order valence-corrected chi connectivity index (χ1v) is 9.50. The highest BCUT2D eigenvalue weighted by Crippen LogP contribution is 2.31. The van der Waals surface area contributed by atoms with Gasteiger partial charge in [-0.2, -0.15) is 4.31 Å². The van der Waals surface area contributed by atoms with Crippen LogP contribution in [0.1, 0.15) is 11.7 Å². The zero-order valence-corrected chi connectivity index (χ0v) is 15.1. The van der Waals surface area contributed by atoms with E-state index in [0.29, 0.717) is 15.6 Å². The molecule has 9 heteroatoms. The summed E-state index contributed by atoms with van der Waals surface area (Å²) in [6.45, 7) is -0.0439. The molecule has 25 heavy (non-hydrogen) atoms. The minimum atomic E-state index is -4.35. The highest BCUT2D eigenvalue weighted by Gasteiger charge is 2.35. The molecule has 2 aromatic carbocycles. The highest BCUT2D eigenvalue weighted by atomic mass is 35.5. The molecule has 0 radical (unpaired) electrons. The molecule has 0 saturated carbocycles. The molecule has 1 aliphatic heterocycles. The van der Waals surface area contributed by atoms with Crippen molar-refractivity contribution in [3.05, 3.63) is 63.6 Å². The number of hydrogen-bond acceptors (Lipinski definition) is 3. The first-order chi connectivity index (χ1) is 11.8. The minimum Gasteiger partial charge on any atom is -0.371 e. The number of nitrogens with zero attached hydrogens (tertiary/aromatic N) is 1. The van der Waals surface area contributed by atoms with Gasteiger partial charge in [0.05, 0.1) is 12.7 Å². The lowest BCUT2D eigenvalue weighted by atomic mass is 10.1. The van der Waals surface area contributed by atoms with E-state index in [4.69, 9.17) is 27.9 Å². The van der Waals surface area contributed by atoms with Crippen molar-refractivity contribution in [2.45, 2.75) is 11.0 Å². The van der Waals surface area contributed by atoms with Crippen LogP contribution in [-0.4, -0.2) is 32.4 Å². The maximum Gasteiger partial charge on any atom is 0.249 e. The number of benzene rings is 2. The van der Waals surface area contributed by atoms with Crippen LogP contribution in [0, 0.1) is 11.6 Å². The molecule has 0 aromatic heterocycles. The van der Waals surface area contributed by atoms with Gasteiger partial charge in [0.15, 0.2) is 4.90 Å². The molecule has 0 spiro atoms. The van der Waals surface area contributed by atoms with E-state index < -0.39 is 32.7 Å². The molecule has 1 atom stereocenters. The molecular formula is C16H13Cl2F2NO3S. The van der Waals surface area contributed by atoms with E-state index in [0.717, 1.165) is 22.5 Å². The van der Waals surface area contributed by atoms with Crippen molar-refractivity contribution in [3.63, 3.8) is 0 Å². The van der Waals surface area contributed by atoms with Crippen LogP contribution in [0.15, 0.2) is 41.3 Å². The van der Waals surface area contributed by atoms with Crippen LogP contribution < -0.4 is 0 Å². The van der Waals surface area contributed by atoms with E-state index in [9.17, 15) is 17.2 Å². The summed E-state index contributed by atoms with van der Waals surface area (Å²) in [5, 5.41) is 0.762. The third-order valence-corrected chi connectivity index (χ3v) is 6.16. The predicted molar refractivity (Wildman–Crippen MR) is 90.3 cm³/mol. The number of sulfonamides is 1. The molecule has 1 unspecified atom stereocenters. The zero-order chi connectivity index (χ0) is 18.2. The van der Waals surface area contributed by atoms with Gasteiger partial charge in [0.1, 0.15) is 11.6 Å². The molecule has 1 aliphatic rings. The third-order valence-electron chi connectivity index (χ3n) is 3.80. The second-order valence-corrected chi connectivity index (χ2v) is 8.22. The van der Waals surface area contributed by atoms with Crippen LogP contribution in [-0.2, 0) is 14.8 Å². The van der Waals surface area contributed by atoms with Crippen LogP contribution in [0.2, 0.25) is 10.0 Å². The van der Waals surface area contributed by atoms with Gasteiger partial charge < -0.3 is 4.74 Å². The van der Waals surface area contributed by atoms with Crippen molar-refractivity contribution < 1.29 is 21.9 Å². The van der Waals surface area contributed by atoms with Gasteiger partial charge in [0.2, 0.25) is 10.0 Å². The average molecular weight is 408 g/mol. The summed E-state index contributed by atoms with van der Waals surface area (Å²) >= 11 is 11.9. The fourth-order valence-electron chi connectivity index (χ4n) is 2.66. The Morgan fingerprint density at radius 2 is 1.68 bits per heavy atom. The van der Waals surface area contributed by atoms with Crippen molar-refractivity contribution in [2.24, 2.45) is 0 Å². The Balaban J connectivity index is 1.93. The smallest absolute Gasteiger partial charge is 0.249 e. The SMILES string of the molecule is O=S(=O)(c1c(F)cccc1F)N1CCOC(c2cc(Cl)cc(Cl)c2)C1. The summed E-state index contributed by atoms with van der Waals surface area (Å²) in [5.74, 6) is -2.26. The maximum absolute atomic E-state index is 13.9. The van der Waals surface area contributed by atoms with Crippen molar-refractivity contribution in [1.29, 1.82) is 0 Å². The summed E-state index contributed by atoms with van der Waals surface area (Å²) in [4.78, 5) is -0.959. The number of halogens is 4. The third kappa shape index (κ3) is 3.80. The average Bonchev–Trinajstić information content (AvgIpc) is 2.53. The van der Waals surface area contributed by atoms with Crippen LogP contribution in [0.25, 0.3) is 0 Å². The topological polar surface area (TPSA) is 46.6 Å². The first kappa shape index (κ1) is 18.5. The van der Waals surface area contributed by atoms with Gasteiger partial charge in [0.25, 0.3) is 0 Å². The standard InChI is InChI=1S/C16H13Cl2F2NO3S/c17-11-6-10(7-12(18)8-11)15-9-21(4-5-24-15)25(22,23)16-13(19)2-1-3-14(16)20/h1-3,6-8,15H,4-5,9H2. The van der Waals surface area contributed by atoms with E-state index in [1.807, 2.05) is 0 Å². The van der Waals surface area contributed by atoms with Crippen LogP contribution in [0.5, 0.6) is 0 Å². The van der Waals surface area contributed by atoms with Crippen molar-refractivity contribution in [1.82, 2.24) is 4.31 Å². The van der Waals surface area contributed by atoms with Gasteiger partial charge in [0, 0.05) is 23.1 Å². The molecule has 1 heterocycles. The molecule has 2 aromatic rings. The number of hydrogen-bond donors (Lipinski definition) is 0. The van der Waals surface area contributed by atoms with E-state index in [1.54, 1.807) is 18.2 Å². The van der Waals surface area contributed by atoms with E-state index in [2.05, 4.69) is 0 Å². The molecule has 1 fully saturated rings. The van der Waals surface area contributed by atoms with Gasteiger partial charge in [-0.15, -0.1) is 0 Å². The second-order valence-electron chi connectivity index (χ2n) is 5.48. The Hall–Kier alpha value is -1.25. The van der Waals surface area contributed by atoms with E-state index in [-0.39, 0.29) is 19.7 Å². The summed E-state index contributed by atoms with van der Waals surface area (Å²) in [6, 6.07) is 7.68. The minimum absolute atomic E-state index is 0.0130. The van der Waals surface area contributed by atoms with Crippen molar-refractivity contribution >= 4 is 33.2 Å². The molecule has 3 rings (SSSR count). The lowest BCUT2D eigenvalue weighted by molar-refractivity contribution is -0.00266. The highest BCUT2D eigenvalue weighted by molar-refractivity contribution is 7.89. The van der Waals surface area contributed by atoms with Gasteiger partial charge in [-0.25, -0.2) is 17.2 Å². The van der Waals surface area contributed by atoms with Crippen LogP contribution >= 0.6 is 23.2 Å². The van der Waals surface area contributed by atoms with Crippen LogP contribution in [0.3, 0.4) is 0 Å². The van der Waals surface area contributed by atoms with Gasteiger partial charge in [-0.3, -0.25) is 0 Å². The summed E-state index contributed by atoms with van der Waals surface area (Å²) in [7, 11) is -4.35. The summed E-state index contributed by atoms with van der Waals surface area (Å²) < 4.78 is 59.8. The molecule has 0 N–H and O–H groups in total. The molecule has 0 amide bonds. The lowest BCUT2D eigenvalue weighted by Gasteiger charge is -2.32. The Morgan fingerprint density at radius 3 is 2.28 bits per heavy atom. The lowest BCUT2D eigenvalue weighted by Crippen LogP contribution is -2.42. The molecule has 0 bridgehead atoms. The molecular weight excluding hydrogens is 395 g/mol. The Morgan fingerprint density at radius 1 is 1.08 bits per heavy atom. The molecule has 0 aliphatic carbocycles.